The first kappa shape index (κ1) is 12.6. The molecule has 0 aromatic heterocycles. The van der Waals surface area contributed by atoms with Crippen LogP contribution in [0, 0.1) is 11.3 Å². The van der Waals surface area contributed by atoms with Gasteiger partial charge in [-0.25, -0.2) is 0 Å². The van der Waals surface area contributed by atoms with E-state index in [9.17, 15) is 0 Å². The Labute approximate surface area is 103 Å². The summed E-state index contributed by atoms with van der Waals surface area (Å²) >= 11 is 3.41. The summed E-state index contributed by atoms with van der Waals surface area (Å²) in [5.74, 6) is 1.34. The van der Waals surface area contributed by atoms with E-state index in [0.717, 1.165) is 10.0 Å². The van der Waals surface area contributed by atoms with Gasteiger partial charge in [-0.2, -0.15) is 5.26 Å². The van der Waals surface area contributed by atoms with E-state index in [1.807, 2.05) is 25.1 Å². The molecular formula is C12H12BrNO2. The topological polar surface area (TPSA) is 42.2 Å². The smallest absolute Gasteiger partial charge is 0.161 e. The van der Waals surface area contributed by atoms with E-state index in [4.69, 9.17) is 14.7 Å². The van der Waals surface area contributed by atoms with Crippen LogP contribution < -0.4 is 9.47 Å². The van der Waals surface area contributed by atoms with Gasteiger partial charge in [-0.15, -0.1) is 0 Å². The number of hydrogen-bond acceptors (Lipinski definition) is 3. The average Bonchev–Trinajstić information content (AvgIpc) is 2.29. The van der Waals surface area contributed by atoms with Crippen LogP contribution in [-0.4, -0.2) is 13.7 Å². The molecule has 0 amide bonds. The zero-order valence-corrected chi connectivity index (χ0v) is 10.7. The maximum absolute atomic E-state index is 8.48. The highest BCUT2D eigenvalue weighted by atomic mass is 79.9. The van der Waals surface area contributed by atoms with Crippen molar-refractivity contribution in [2.45, 2.75) is 6.92 Å². The van der Waals surface area contributed by atoms with Crippen molar-refractivity contribution in [2.24, 2.45) is 0 Å². The maximum Gasteiger partial charge on any atom is 0.161 e. The molecule has 0 heterocycles. The number of methoxy groups -OCH3 is 1. The molecule has 0 radical (unpaired) electrons. The van der Waals surface area contributed by atoms with Crippen LogP contribution in [0.1, 0.15) is 12.5 Å². The number of halogens is 1. The molecule has 3 nitrogen and oxygen atoms in total. The second-order valence-electron chi connectivity index (χ2n) is 2.92. The summed E-state index contributed by atoms with van der Waals surface area (Å²) in [4.78, 5) is 0. The van der Waals surface area contributed by atoms with E-state index >= 15 is 0 Å². The maximum atomic E-state index is 8.48. The van der Waals surface area contributed by atoms with Crippen molar-refractivity contribution in [3.63, 3.8) is 0 Å². The third-order valence-corrected chi connectivity index (χ3v) is 2.61. The minimum Gasteiger partial charge on any atom is -0.493 e. The number of benzene rings is 1. The zero-order chi connectivity index (χ0) is 12.0. The Kier molecular flexibility index (Phi) is 4.87. The number of hydrogen-bond donors (Lipinski definition) is 0. The first-order valence-corrected chi connectivity index (χ1v) is 5.58. The van der Waals surface area contributed by atoms with Crippen molar-refractivity contribution in [3.05, 3.63) is 28.2 Å². The monoisotopic (exact) mass is 281 g/mol. The third kappa shape index (κ3) is 3.01. The van der Waals surface area contributed by atoms with Crippen molar-refractivity contribution in [3.8, 4) is 17.6 Å². The van der Waals surface area contributed by atoms with Crippen LogP contribution >= 0.6 is 15.9 Å². The van der Waals surface area contributed by atoms with Crippen molar-refractivity contribution in [1.29, 1.82) is 5.26 Å². The Bertz CT molecular complexity index is 435. The first-order chi connectivity index (χ1) is 7.72. The molecule has 0 aliphatic carbocycles. The predicted octanol–water partition coefficient (Wildman–Crippen LogP) is 3.39. The minimum absolute atomic E-state index is 0.569. The van der Waals surface area contributed by atoms with Crippen LogP contribution in [0.2, 0.25) is 0 Å². The van der Waals surface area contributed by atoms with Gasteiger partial charge in [0.25, 0.3) is 0 Å². The van der Waals surface area contributed by atoms with Gasteiger partial charge in [0.2, 0.25) is 0 Å². The summed E-state index contributed by atoms with van der Waals surface area (Å²) in [6.45, 7) is 2.48. The fourth-order valence-corrected chi connectivity index (χ4v) is 1.69. The van der Waals surface area contributed by atoms with Gasteiger partial charge in [-0.1, -0.05) is 15.9 Å². The number of allylic oxidation sites excluding steroid dienone is 1. The van der Waals surface area contributed by atoms with Crippen LogP contribution in [0.15, 0.2) is 22.7 Å². The molecule has 0 spiro atoms. The van der Waals surface area contributed by atoms with Gasteiger partial charge in [-0.3, -0.25) is 0 Å². The van der Waals surface area contributed by atoms with Gasteiger partial charge in [0.05, 0.1) is 19.8 Å². The van der Waals surface area contributed by atoms with Gasteiger partial charge in [0.1, 0.15) is 0 Å². The fourth-order valence-electron chi connectivity index (χ4n) is 1.23. The van der Waals surface area contributed by atoms with Crippen LogP contribution in [0.4, 0.5) is 0 Å². The van der Waals surface area contributed by atoms with Crippen molar-refractivity contribution in [2.75, 3.05) is 13.7 Å². The lowest BCUT2D eigenvalue weighted by Crippen LogP contribution is -1.96. The molecule has 0 saturated carbocycles. The van der Waals surface area contributed by atoms with Gasteiger partial charge in [0, 0.05) is 10.5 Å². The molecule has 0 aliphatic rings. The Morgan fingerprint density at radius 2 is 2.19 bits per heavy atom. The molecule has 4 heteroatoms. The molecule has 0 aliphatic heterocycles. The fraction of sp³-hybridized carbons (Fsp3) is 0.250. The standard InChI is InChI=1S/C12H12BrNO2/c1-3-16-12-7-9(5-4-6-14)10(13)8-11(12)15-2/h4-5,7-8H,3H2,1-2H3. The van der Waals surface area contributed by atoms with Gasteiger partial charge < -0.3 is 9.47 Å². The van der Waals surface area contributed by atoms with E-state index in [-0.39, 0.29) is 0 Å². The summed E-state index contributed by atoms with van der Waals surface area (Å²) in [5.41, 5.74) is 0.880. The molecule has 0 unspecified atom stereocenters. The minimum atomic E-state index is 0.569. The molecule has 0 saturated heterocycles. The number of rotatable bonds is 4. The Balaban J connectivity index is 3.17. The number of nitrogens with zero attached hydrogens (tertiary/aromatic N) is 1. The normalized spacial score (nSPS) is 10.1. The van der Waals surface area contributed by atoms with E-state index in [1.165, 1.54) is 6.08 Å². The molecule has 0 N–H and O–H groups in total. The van der Waals surface area contributed by atoms with Crippen LogP contribution in [0.3, 0.4) is 0 Å². The van der Waals surface area contributed by atoms with Crippen molar-refractivity contribution >= 4 is 22.0 Å². The van der Waals surface area contributed by atoms with Crippen molar-refractivity contribution in [1.82, 2.24) is 0 Å². The second kappa shape index (κ2) is 6.19. The summed E-state index contributed by atoms with van der Waals surface area (Å²) in [5, 5.41) is 8.48. The van der Waals surface area contributed by atoms with Gasteiger partial charge >= 0.3 is 0 Å². The van der Waals surface area contributed by atoms with Crippen LogP contribution in [-0.2, 0) is 0 Å². The quantitative estimate of drug-likeness (QED) is 0.795. The van der Waals surface area contributed by atoms with E-state index in [0.29, 0.717) is 18.1 Å². The van der Waals surface area contributed by atoms with E-state index in [1.54, 1.807) is 13.2 Å². The Morgan fingerprint density at radius 3 is 2.75 bits per heavy atom. The van der Waals surface area contributed by atoms with E-state index < -0.39 is 0 Å². The highest BCUT2D eigenvalue weighted by Gasteiger charge is 2.08. The average molecular weight is 282 g/mol. The highest BCUT2D eigenvalue weighted by molar-refractivity contribution is 9.10. The number of nitriles is 1. The summed E-state index contributed by atoms with van der Waals surface area (Å²) < 4.78 is 11.5. The largest absolute Gasteiger partial charge is 0.493 e. The molecule has 1 aromatic rings. The third-order valence-electron chi connectivity index (χ3n) is 1.92. The lowest BCUT2D eigenvalue weighted by molar-refractivity contribution is 0.310. The summed E-state index contributed by atoms with van der Waals surface area (Å²) in [7, 11) is 1.59. The lowest BCUT2D eigenvalue weighted by Gasteiger charge is -2.11. The molecule has 84 valence electrons. The Morgan fingerprint density at radius 1 is 1.44 bits per heavy atom. The number of ether oxygens (including phenoxy) is 2. The first-order valence-electron chi connectivity index (χ1n) is 4.79. The highest BCUT2D eigenvalue weighted by Crippen LogP contribution is 2.34. The predicted molar refractivity (Wildman–Crippen MR) is 66.5 cm³/mol. The molecular weight excluding hydrogens is 270 g/mol. The van der Waals surface area contributed by atoms with Gasteiger partial charge in [-0.05, 0) is 30.7 Å². The molecule has 0 bridgehead atoms. The SMILES string of the molecule is CCOc1cc(C=CC#N)c(Br)cc1OC. The molecule has 1 aromatic carbocycles. The molecule has 0 fully saturated rings. The summed E-state index contributed by atoms with van der Waals surface area (Å²) in [6, 6.07) is 5.61. The van der Waals surface area contributed by atoms with Gasteiger partial charge in [0.15, 0.2) is 11.5 Å². The lowest BCUT2D eigenvalue weighted by atomic mass is 10.2. The van der Waals surface area contributed by atoms with Crippen LogP contribution in [0.25, 0.3) is 6.08 Å². The van der Waals surface area contributed by atoms with E-state index in [2.05, 4.69) is 15.9 Å². The van der Waals surface area contributed by atoms with Crippen LogP contribution in [0.5, 0.6) is 11.5 Å². The Hall–Kier alpha value is -1.47. The summed E-state index contributed by atoms with van der Waals surface area (Å²) in [6.07, 6.45) is 3.13. The van der Waals surface area contributed by atoms with Crippen molar-refractivity contribution < 1.29 is 9.47 Å². The second-order valence-corrected chi connectivity index (χ2v) is 3.77. The molecule has 1 rings (SSSR count). The zero-order valence-electron chi connectivity index (χ0n) is 9.16. The molecule has 16 heavy (non-hydrogen) atoms. The molecule has 0 atom stereocenters.